The zero-order valence-electron chi connectivity index (χ0n) is 10.6. The van der Waals surface area contributed by atoms with E-state index in [2.05, 4.69) is 10.6 Å². The fourth-order valence-electron chi connectivity index (χ4n) is 1.85. The Labute approximate surface area is 110 Å². The molecule has 1 aromatic rings. The van der Waals surface area contributed by atoms with Gasteiger partial charge >= 0.3 is 12.0 Å². The number of aromatic carboxylic acids is 1. The predicted molar refractivity (Wildman–Crippen MR) is 69.7 cm³/mol. The molecule has 0 aromatic heterocycles. The number of amides is 2. The minimum absolute atomic E-state index is 0.0625. The number of rotatable bonds is 4. The lowest BCUT2D eigenvalue weighted by Gasteiger charge is -2.26. The van der Waals surface area contributed by atoms with Gasteiger partial charge in [0, 0.05) is 17.8 Å². The first-order valence-electron chi connectivity index (χ1n) is 6.09. The molecule has 1 aromatic carbocycles. The number of carboxylic acid groups (broad SMARTS) is 1. The highest BCUT2D eigenvalue weighted by atomic mass is 16.5. The van der Waals surface area contributed by atoms with Crippen LogP contribution in [0.1, 0.15) is 29.6 Å². The Balaban J connectivity index is 2.03. The first-order valence-corrected chi connectivity index (χ1v) is 6.09. The summed E-state index contributed by atoms with van der Waals surface area (Å²) in [5.74, 6) is -0.851. The van der Waals surface area contributed by atoms with E-state index in [-0.39, 0.29) is 23.4 Å². The van der Waals surface area contributed by atoms with Crippen molar-refractivity contribution in [1.82, 2.24) is 5.32 Å². The molecule has 3 N–H and O–H groups in total. The van der Waals surface area contributed by atoms with Gasteiger partial charge in [0.2, 0.25) is 0 Å². The lowest BCUT2D eigenvalue weighted by Crippen LogP contribution is -2.41. The molecule has 1 saturated carbocycles. The number of ether oxygens (including phenoxy) is 1. The second kappa shape index (κ2) is 5.60. The van der Waals surface area contributed by atoms with Gasteiger partial charge < -0.3 is 20.5 Å². The molecule has 0 atom stereocenters. The molecule has 0 unspecified atom stereocenters. The van der Waals surface area contributed by atoms with Crippen molar-refractivity contribution in [2.45, 2.75) is 25.3 Å². The average Bonchev–Trinajstić information content (AvgIpc) is 2.33. The third-order valence-electron chi connectivity index (χ3n) is 3.13. The summed E-state index contributed by atoms with van der Waals surface area (Å²) in [7, 11) is 1.39. The van der Waals surface area contributed by atoms with Gasteiger partial charge in [0.05, 0.1) is 7.11 Å². The standard InChI is InChI=1S/C13H16N2O4/c1-19-11-7-9(5-6-10(11)12(16)17)15-13(18)14-8-3-2-4-8/h5-8H,2-4H2,1H3,(H,16,17)(H2,14,15,18). The van der Waals surface area contributed by atoms with E-state index >= 15 is 0 Å². The number of carbonyl (C=O) groups is 2. The second-order valence-electron chi connectivity index (χ2n) is 4.45. The highest BCUT2D eigenvalue weighted by Crippen LogP contribution is 2.23. The van der Waals surface area contributed by atoms with Crippen LogP contribution in [0.5, 0.6) is 5.75 Å². The Hall–Kier alpha value is -2.24. The zero-order valence-corrected chi connectivity index (χ0v) is 10.6. The van der Waals surface area contributed by atoms with E-state index < -0.39 is 5.97 Å². The van der Waals surface area contributed by atoms with E-state index in [1.165, 1.54) is 25.3 Å². The molecule has 6 nitrogen and oxygen atoms in total. The summed E-state index contributed by atoms with van der Waals surface area (Å²) in [4.78, 5) is 22.6. The smallest absolute Gasteiger partial charge is 0.339 e. The van der Waals surface area contributed by atoms with Crippen LogP contribution in [0.4, 0.5) is 10.5 Å². The van der Waals surface area contributed by atoms with Crippen molar-refractivity contribution < 1.29 is 19.4 Å². The fourth-order valence-corrected chi connectivity index (χ4v) is 1.85. The maximum atomic E-state index is 11.7. The third-order valence-corrected chi connectivity index (χ3v) is 3.13. The summed E-state index contributed by atoms with van der Waals surface area (Å²) in [6.07, 6.45) is 3.16. The normalized spacial score (nSPS) is 14.4. The average molecular weight is 264 g/mol. The molecule has 0 heterocycles. The minimum atomic E-state index is -1.07. The summed E-state index contributed by atoms with van der Waals surface area (Å²) in [5.41, 5.74) is 0.561. The van der Waals surface area contributed by atoms with Crippen LogP contribution in [-0.2, 0) is 0 Å². The van der Waals surface area contributed by atoms with Crippen LogP contribution in [0, 0.1) is 0 Å². The molecule has 2 amide bonds. The van der Waals surface area contributed by atoms with Gasteiger partial charge in [0.25, 0.3) is 0 Å². The van der Waals surface area contributed by atoms with Gasteiger partial charge in [-0.3, -0.25) is 0 Å². The van der Waals surface area contributed by atoms with Crippen LogP contribution in [0.3, 0.4) is 0 Å². The molecule has 102 valence electrons. The first kappa shape index (κ1) is 13.2. The molecule has 0 saturated heterocycles. The number of carboxylic acids is 1. The van der Waals surface area contributed by atoms with Crippen LogP contribution in [0.25, 0.3) is 0 Å². The van der Waals surface area contributed by atoms with Gasteiger partial charge in [0.15, 0.2) is 0 Å². The van der Waals surface area contributed by atoms with Crippen molar-refractivity contribution in [2.24, 2.45) is 0 Å². The van der Waals surface area contributed by atoms with Gasteiger partial charge in [-0.2, -0.15) is 0 Å². The second-order valence-corrected chi connectivity index (χ2v) is 4.45. The van der Waals surface area contributed by atoms with E-state index in [9.17, 15) is 9.59 Å². The summed E-state index contributed by atoms with van der Waals surface area (Å²) < 4.78 is 4.99. The molecule has 1 aliphatic carbocycles. The van der Waals surface area contributed by atoms with E-state index in [0.29, 0.717) is 5.69 Å². The van der Waals surface area contributed by atoms with Crippen LogP contribution < -0.4 is 15.4 Å². The SMILES string of the molecule is COc1cc(NC(=O)NC2CCC2)ccc1C(=O)O. The van der Waals surface area contributed by atoms with Gasteiger partial charge in [-0.1, -0.05) is 0 Å². The minimum Gasteiger partial charge on any atom is -0.496 e. The molecule has 1 aliphatic rings. The molecule has 6 heteroatoms. The van der Waals surface area contributed by atoms with Crippen LogP contribution >= 0.6 is 0 Å². The van der Waals surface area contributed by atoms with Crippen molar-refractivity contribution in [3.8, 4) is 5.75 Å². The Kier molecular flexibility index (Phi) is 3.89. The van der Waals surface area contributed by atoms with Gasteiger partial charge in [-0.05, 0) is 31.4 Å². The van der Waals surface area contributed by atoms with Gasteiger partial charge in [-0.25, -0.2) is 9.59 Å². The van der Waals surface area contributed by atoms with Crippen LogP contribution in [0.15, 0.2) is 18.2 Å². The van der Waals surface area contributed by atoms with Crippen LogP contribution in [0.2, 0.25) is 0 Å². The lowest BCUT2D eigenvalue weighted by molar-refractivity contribution is 0.0693. The zero-order chi connectivity index (χ0) is 13.8. The van der Waals surface area contributed by atoms with Crippen molar-refractivity contribution in [1.29, 1.82) is 0 Å². The molecular formula is C13H16N2O4. The molecule has 19 heavy (non-hydrogen) atoms. The molecule has 0 radical (unpaired) electrons. The maximum Gasteiger partial charge on any atom is 0.339 e. The van der Waals surface area contributed by atoms with Gasteiger partial charge in [0.1, 0.15) is 11.3 Å². The molecule has 0 bridgehead atoms. The first-order chi connectivity index (χ1) is 9.10. The fraction of sp³-hybridized carbons (Fsp3) is 0.385. The monoisotopic (exact) mass is 264 g/mol. The Morgan fingerprint density at radius 1 is 1.37 bits per heavy atom. The van der Waals surface area contributed by atoms with Crippen molar-refractivity contribution in [3.63, 3.8) is 0 Å². The maximum absolute atomic E-state index is 11.7. The largest absolute Gasteiger partial charge is 0.496 e. The van der Waals surface area contributed by atoms with E-state index in [0.717, 1.165) is 19.3 Å². The van der Waals surface area contributed by atoms with E-state index in [1.54, 1.807) is 0 Å². The summed E-state index contributed by atoms with van der Waals surface area (Å²) >= 11 is 0. The highest BCUT2D eigenvalue weighted by Gasteiger charge is 2.19. The Morgan fingerprint density at radius 3 is 2.63 bits per heavy atom. The van der Waals surface area contributed by atoms with Gasteiger partial charge in [-0.15, -0.1) is 0 Å². The molecule has 0 spiro atoms. The number of benzene rings is 1. The highest BCUT2D eigenvalue weighted by molar-refractivity contribution is 5.94. The number of nitrogens with one attached hydrogen (secondary N) is 2. The predicted octanol–water partition coefficient (Wildman–Crippen LogP) is 2.07. The number of hydrogen-bond acceptors (Lipinski definition) is 3. The van der Waals surface area contributed by atoms with E-state index in [1.807, 2.05) is 0 Å². The van der Waals surface area contributed by atoms with Crippen molar-refractivity contribution >= 4 is 17.7 Å². The quantitative estimate of drug-likeness (QED) is 0.776. The summed E-state index contributed by atoms with van der Waals surface area (Å²) in [6.45, 7) is 0. The Bertz CT molecular complexity index is 497. The summed E-state index contributed by atoms with van der Waals surface area (Å²) in [5, 5.41) is 14.4. The molecule has 1 fully saturated rings. The molecule has 0 aliphatic heterocycles. The number of anilines is 1. The van der Waals surface area contributed by atoms with E-state index in [4.69, 9.17) is 9.84 Å². The third kappa shape index (κ3) is 3.15. The van der Waals surface area contributed by atoms with Crippen molar-refractivity contribution in [2.75, 3.05) is 12.4 Å². The number of hydrogen-bond donors (Lipinski definition) is 3. The lowest BCUT2D eigenvalue weighted by atomic mass is 9.93. The van der Waals surface area contributed by atoms with Crippen molar-refractivity contribution in [3.05, 3.63) is 23.8 Å². The number of carbonyl (C=O) groups excluding carboxylic acids is 1. The summed E-state index contributed by atoms with van der Waals surface area (Å²) in [6, 6.07) is 4.39. The molecular weight excluding hydrogens is 248 g/mol. The number of urea groups is 1. The topological polar surface area (TPSA) is 87.7 Å². The number of methoxy groups -OCH3 is 1. The van der Waals surface area contributed by atoms with Crippen LogP contribution in [-0.4, -0.2) is 30.3 Å². The molecule has 2 rings (SSSR count). The Morgan fingerprint density at radius 2 is 2.11 bits per heavy atom.